The molecule has 0 bridgehead atoms. The van der Waals surface area contributed by atoms with Crippen molar-refractivity contribution in [3.8, 4) is 0 Å². The Labute approximate surface area is 120 Å². The van der Waals surface area contributed by atoms with Gasteiger partial charge in [0.05, 0.1) is 10.9 Å². The first kappa shape index (κ1) is 13.1. The number of anilines is 1. The lowest BCUT2D eigenvalue weighted by atomic mass is 10.2. The summed E-state index contributed by atoms with van der Waals surface area (Å²) >= 11 is 0. The molecule has 0 aliphatic heterocycles. The van der Waals surface area contributed by atoms with Crippen LogP contribution in [0.2, 0.25) is 0 Å². The first-order valence-corrected chi connectivity index (χ1v) is 6.49. The fourth-order valence-corrected chi connectivity index (χ4v) is 2.09. The SMILES string of the molecule is Cn1c(NC(=O)c2ccccc2)nc2ccccc2c1=O. The fourth-order valence-electron chi connectivity index (χ4n) is 2.09. The molecule has 5 nitrogen and oxygen atoms in total. The highest BCUT2D eigenvalue weighted by molar-refractivity contribution is 6.03. The smallest absolute Gasteiger partial charge is 0.262 e. The number of nitrogens with one attached hydrogen (secondary N) is 1. The fraction of sp³-hybridized carbons (Fsp3) is 0.0625. The molecule has 0 unspecified atom stereocenters. The highest BCUT2D eigenvalue weighted by Gasteiger charge is 2.11. The van der Waals surface area contributed by atoms with Gasteiger partial charge in [0.25, 0.3) is 11.5 Å². The van der Waals surface area contributed by atoms with Crippen LogP contribution in [0.15, 0.2) is 59.4 Å². The Kier molecular flexibility index (Phi) is 3.23. The van der Waals surface area contributed by atoms with E-state index >= 15 is 0 Å². The van der Waals surface area contributed by atoms with Crippen molar-refractivity contribution in [1.29, 1.82) is 0 Å². The normalized spacial score (nSPS) is 10.5. The van der Waals surface area contributed by atoms with Gasteiger partial charge >= 0.3 is 0 Å². The third-order valence-corrected chi connectivity index (χ3v) is 3.24. The van der Waals surface area contributed by atoms with Crippen molar-refractivity contribution >= 4 is 22.8 Å². The summed E-state index contributed by atoms with van der Waals surface area (Å²) in [7, 11) is 1.59. The Morgan fingerprint density at radius 1 is 1.05 bits per heavy atom. The molecule has 0 aliphatic rings. The number of nitrogens with zero attached hydrogens (tertiary/aromatic N) is 2. The van der Waals surface area contributed by atoms with Crippen LogP contribution in [0.4, 0.5) is 5.95 Å². The molecule has 21 heavy (non-hydrogen) atoms. The average Bonchev–Trinajstić information content (AvgIpc) is 2.53. The van der Waals surface area contributed by atoms with Gasteiger partial charge in [-0.05, 0) is 24.3 Å². The zero-order valence-electron chi connectivity index (χ0n) is 11.4. The van der Waals surface area contributed by atoms with Gasteiger partial charge in [0.15, 0.2) is 0 Å². The molecule has 1 aromatic heterocycles. The number of hydrogen-bond donors (Lipinski definition) is 1. The summed E-state index contributed by atoms with van der Waals surface area (Å²) in [5.41, 5.74) is 0.882. The summed E-state index contributed by atoms with van der Waals surface area (Å²) in [5.74, 6) is -0.0686. The molecule has 0 saturated carbocycles. The number of hydrogen-bond acceptors (Lipinski definition) is 3. The van der Waals surface area contributed by atoms with E-state index in [9.17, 15) is 9.59 Å². The number of carbonyl (C=O) groups is 1. The number of fused-ring (bicyclic) bond motifs is 1. The third kappa shape index (κ3) is 2.41. The van der Waals surface area contributed by atoms with Gasteiger partial charge in [-0.1, -0.05) is 30.3 Å². The van der Waals surface area contributed by atoms with Gasteiger partial charge in [0, 0.05) is 12.6 Å². The van der Waals surface area contributed by atoms with Crippen LogP contribution >= 0.6 is 0 Å². The van der Waals surface area contributed by atoms with Crippen LogP contribution in [-0.4, -0.2) is 15.5 Å². The summed E-state index contributed by atoms with van der Waals surface area (Å²) in [6.45, 7) is 0. The summed E-state index contributed by atoms with van der Waals surface area (Å²) in [6.07, 6.45) is 0. The Hall–Kier alpha value is -2.95. The van der Waals surface area contributed by atoms with Crippen LogP contribution in [0.25, 0.3) is 10.9 Å². The zero-order valence-corrected chi connectivity index (χ0v) is 11.4. The lowest BCUT2D eigenvalue weighted by molar-refractivity contribution is 0.102. The number of para-hydroxylation sites is 1. The second kappa shape index (κ2) is 5.20. The van der Waals surface area contributed by atoms with Crippen molar-refractivity contribution in [2.45, 2.75) is 0 Å². The van der Waals surface area contributed by atoms with Gasteiger partial charge in [-0.15, -0.1) is 0 Å². The van der Waals surface area contributed by atoms with Crippen molar-refractivity contribution in [3.63, 3.8) is 0 Å². The molecule has 0 aliphatic carbocycles. The van der Waals surface area contributed by atoms with Crippen LogP contribution in [0, 0.1) is 0 Å². The standard InChI is InChI=1S/C16H13N3O2/c1-19-15(21)12-9-5-6-10-13(12)17-16(19)18-14(20)11-7-3-2-4-8-11/h2-10H,1H3,(H,17,18,20). The number of amides is 1. The molecule has 0 radical (unpaired) electrons. The van der Waals surface area contributed by atoms with E-state index in [4.69, 9.17) is 0 Å². The van der Waals surface area contributed by atoms with Crippen molar-refractivity contribution in [2.75, 3.05) is 5.32 Å². The third-order valence-electron chi connectivity index (χ3n) is 3.24. The van der Waals surface area contributed by atoms with Crippen LogP contribution in [0.3, 0.4) is 0 Å². The van der Waals surface area contributed by atoms with E-state index in [2.05, 4.69) is 10.3 Å². The molecule has 5 heteroatoms. The van der Waals surface area contributed by atoms with E-state index in [0.717, 1.165) is 0 Å². The van der Waals surface area contributed by atoms with Crippen molar-refractivity contribution in [1.82, 2.24) is 9.55 Å². The highest BCUT2D eigenvalue weighted by Crippen LogP contribution is 2.11. The molecule has 1 amide bonds. The maximum atomic E-state index is 12.2. The monoisotopic (exact) mass is 279 g/mol. The summed E-state index contributed by atoms with van der Waals surface area (Å²) in [5, 5.41) is 3.20. The highest BCUT2D eigenvalue weighted by atomic mass is 16.2. The molecular weight excluding hydrogens is 266 g/mol. The topological polar surface area (TPSA) is 64.0 Å². The quantitative estimate of drug-likeness (QED) is 0.782. The molecular formula is C16H13N3O2. The lowest BCUT2D eigenvalue weighted by Gasteiger charge is -2.10. The zero-order chi connectivity index (χ0) is 14.8. The predicted octanol–water partition coefficient (Wildman–Crippen LogP) is 2.19. The lowest BCUT2D eigenvalue weighted by Crippen LogP contribution is -2.25. The van der Waals surface area contributed by atoms with Gasteiger partial charge in [-0.25, -0.2) is 4.98 Å². The Balaban J connectivity index is 2.04. The molecule has 0 fully saturated rings. The van der Waals surface area contributed by atoms with Gasteiger partial charge in [-0.3, -0.25) is 19.5 Å². The average molecular weight is 279 g/mol. The summed E-state index contributed by atoms with van der Waals surface area (Å²) < 4.78 is 1.34. The van der Waals surface area contributed by atoms with E-state index in [0.29, 0.717) is 16.5 Å². The first-order chi connectivity index (χ1) is 10.2. The number of benzene rings is 2. The van der Waals surface area contributed by atoms with Gasteiger partial charge < -0.3 is 0 Å². The largest absolute Gasteiger partial charge is 0.292 e. The van der Waals surface area contributed by atoms with E-state index in [1.807, 2.05) is 6.07 Å². The maximum absolute atomic E-state index is 12.2. The minimum atomic E-state index is -0.298. The van der Waals surface area contributed by atoms with Gasteiger partial charge in [0.2, 0.25) is 5.95 Å². The van der Waals surface area contributed by atoms with Crippen LogP contribution < -0.4 is 10.9 Å². The van der Waals surface area contributed by atoms with Crippen molar-refractivity contribution < 1.29 is 4.79 Å². The molecule has 0 atom stereocenters. The second-order valence-electron chi connectivity index (χ2n) is 4.64. The summed E-state index contributed by atoms with van der Waals surface area (Å²) in [6, 6.07) is 15.8. The molecule has 104 valence electrons. The Bertz CT molecular complexity index is 870. The number of aromatic nitrogens is 2. The Morgan fingerprint density at radius 2 is 1.71 bits per heavy atom. The van der Waals surface area contributed by atoms with Crippen LogP contribution in [-0.2, 0) is 7.05 Å². The molecule has 2 aromatic carbocycles. The second-order valence-corrected chi connectivity index (χ2v) is 4.64. The number of rotatable bonds is 2. The number of carbonyl (C=O) groups excluding carboxylic acids is 1. The molecule has 1 heterocycles. The minimum absolute atomic E-state index is 0.191. The molecule has 0 spiro atoms. The first-order valence-electron chi connectivity index (χ1n) is 6.49. The predicted molar refractivity (Wildman–Crippen MR) is 81.4 cm³/mol. The van der Waals surface area contributed by atoms with E-state index in [1.54, 1.807) is 55.6 Å². The van der Waals surface area contributed by atoms with Crippen molar-refractivity contribution in [3.05, 3.63) is 70.5 Å². The van der Waals surface area contributed by atoms with Crippen LogP contribution in [0.5, 0.6) is 0 Å². The maximum Gasteiger partial charge on any atom is 0.262 e. The van der Waals surface area contributed by atoms with Gasteiger partial charge in [-0.2, -0.15) is 0 Å². The van der Waals surface area contributed by atoms with E-state index < -0.39 is 0 Å². The van der Waals surface area contributed by atoms with E-state index in [-0.39, 0.29) is 17.4 Å². The van der Waals surface area contributed by atoms with Crippen molar-refractivity contribution in [2.24, 2.45) is 7.05 Å². The Morgan fingerprint density at radius 3 is 2.48 bits per heavy atom. The summed E-state index contributed by atoms with van der Waals surface area (Å²) in [4.78, 5) is 28.7. The minimum Gasteiger partial charge on any atom is -0.292 e. The van der Waals surface area contributed by atoms with Gasteiger partial charge in [0.1, 0.15) is 0 Å². The molecule has 3 rings (SSSR count). The van der Waals surface area contributed by atoms with Crippen LogP contribution in [0.1, 0.15) is 10.4 Å². The molecule has 3 aromatic rings. The molecule has 0 saturated heterocycles. The molecule has 1 N–H and O–H groups in total. The van der Waals surface area contributed by atoms with E-state index in [1.165, 1.54) is 4.57 Å².